The Morgan fingerprint density at radius 2 is 1.74 bits per heavy atom. The largest absolute Gasteiger partial charge is 0.514 e. The third kappa shape index (κ3) is 7.91. The van der Waals surface area contributed by atoms with Crippen LogP contribution < -0.4 is 14.8 Å². The molecule has 1 atom stereocenters. The highest BCUT2D eigenvalue weighted by molar-refractivity contribution is 5.96. The fourth-order valence-electron chi connectivity index (χ4n) is 3.42. The Hall–Kier alpha value is -4.16. The molecular formula is C26H29F3N4O6. The molecule has 0 saturated carbocycles. The number of amides is 1. The number of carbonyl (C=O) groups is 2. The van der Waals surface area contributed by atoms with Crippen molar-refractivity contribution < 1.29 is 41.5 Å². The third-order valence-corrected chi connectivity index (χ3v) is 5.25. The van der Waals surface area contributed by atoms with E-state index >= 15 is 0 Å². The van der Waals surface area contributed by atoms with E-state index < -0.39 is 29.8 Å². The van der Waals surface area contributed by atoms with Crippen LogP contribution >= 0.6 is 0 Å². The molecule has 0 aliphatic rings. The van der Waals surface area contributed by atoms with Gasteiger partial charge in [-0.3, -0.25) is 4.79 Å². The number of pyridine rings is 1. The van der Waals surface area contributed by atoms with Crippen molar-refractivity contribution in [3.63, 3.8) is 0 Å². The molecule has 3 aromatic rings. The molecule has 13 heteroatoms. The predicted octanol–water partition coefficient (Wildman–Crippen LogP) is 5.85. The zero-order valence-corrected chi connectivity index (χ0v) is 22.0. The zero-order chi connectivity index (χ0) is 28.7. The van der Waals surface area contributed by atoms with Gasteiger partial charge in [0.1, 0.15) is 0 Å². The summed E-state index contributed by atoms with van der Waals surface area (Å²) in [5.41, 5.74) is -0.773. The fraction of sp³-hybridized carbons (Fsp3) is 0.423. The Morgan fingerprint density at radius 3 is 2.33 bits per heavy atom. The Kier molecular flexibility index (Phi) is 9.49. The van der Waals surface area contributed by atoms with Crippen LogP contribution in [0.1, 0.15) is 62.0 Å². The monoisotopic (exact) mass is 550 g/mol. The maximum Gasteiger partial charge on any atom is 0.514 e. The van der Waals surface area contributed by atoms with Crippen molar-refractivity contribution in [3.8, 4) is 23.0 Å². The molecule has 210 valence electrons. The molecule has 0 aliphatic carbocycles. The standard InChI is InChI=1S/C26H29F3N4O6/c1-14(2)12-18(22-32-24(39-33-22)16-6-8-17(9-7-16)26(27,28)29)31-23(34)20-21(19(36-5)10-11-30-20)38-25(35)37-13-15(3)4/h6-11,14-15,18H,12-13H2,1-5H3,(H,31,34)/t18-/m0/s1. The average molecular weight is 551 g/mol. The van der Waals surface area contributed by atoms with E-state index in [1.165, 1.54) is 31.5 Å². The van der Waals surface area contributed by atoms with E-state index in [2.05, 4.69) is 20.4 Å². The number of hydrogen-bond acceptors (Lipinski definition) is 9. The SMILES string of the molecule is COc1ccnc(C(=O)N[C@@H](CC(C)C)c2noc(-c3ccc(C(F)(F)F)cc3)n2)c1OC(=O)OCC(C)C. The van der Waals surface area contributed by atoms with Crippen LogP contribution in [-0.4, -0.2) is 40.9 Å². The molecule has 0 radical (unpaired) electrons. The lowest BCUT2D eigenvalue weighted by Gasteiger charge is -2.18. The van der Waals surface area contributed by atoms with Crippen LogP contribution in [0.5, 0.6) is 11.5 Å². The number of carbonyl (C=O) groups excluding carboxylic acids is 2. The number of rotatable bonds is 10. The Labute approximate surface area is 222 Å². The molecule has 2 heterocycles. The van der Waals surface area contributed by atoms with Crippen LogP contribution in [-0.2, 0) is 10.9 Å². The predicted molar refractivity (Wildman–Crippen MR) is 132 cm³/mol. The van der Waals surface area contributed by atoms with Gasteiger partial charge < -0.3 is 24.1 Å². The third-order valence-electron chi connectivity index (χ3n) is 5.25. The first-order valence-electron chi connectivity index (χ1n) is 12.1. The second-order valence-corrected chi connectivity index (χ2v) is 9.44. The van der Waals surface area contributed by atoms with Gasteiger partial charge >= 0.3 is 12.3 Å². The first kappa shape index (κ1) is 29.4. The van der Waals surface area contributed by atoms with Gasteiger partial charge in [0.25, 0.3) is 11.8 Å². The van der Waals surface area contributed by atoms with Gasteiger partial charge in [0.05, 0.1) is 25.3 Å². The summed E-state index contributed by atoms with van der Waals surface area (Å²) < 4.78 is 59.5. The number of aromatic nitrogens is 3. The second kappa shape index (κ2) is 12.6. The van der Waals surface area contributed by atoms with Gasteiger partial charge in [-0.05, 0) is 42.5 Å². The summed E-state index contributed by atoms with van der Waals surface area (Å²) >= 11 is 0. The van der Waals surface area contributed by atoms with Crippen molar-refractivity contribution in [1.82, 2.24) is 20.4 Å². The minimum Gasteiger partial charge on any atom is -0.493 e. The fourth-order valence-corrected chi connectivity index (χ4v) is 3.42. The van der Waals surface area contributed by atoms with Crippen LogP contribution in [0.4, 0.5) is 18.0 Å². The molecule has 0 aliphatic heterocycles. The molecule has 10 nitrogen and oxygen atoms in total. The number of methoxy groups -OCH3 is 1. The van der Waals surface area contributed by atoms with Crippen LogP contribution in [0.2, 0.25) is 0 Å². The molecule has 2 aromatic heterocycles. The van der Waals surface area contributed by atoms with Crippen LogP contribution in [0.15, 0.2) is 41.1 Å². The summed E-state index contributed by atoms with van der Waals surface area (Å²) in [6, 6.07) is 4.92. The average Bonchev–Trinajstić information content (AvgIpc) is 3.37. The maximum absolute atomic E-state index is 13.3. The van der Waals surface area contributed by atoms with E-state index in [9.17, 15) is 22.8 Å². The van der Waals surface area contributed by atoms with Crippen LogP contribution in [0.3, 0.4) is 0 Å². The second-order valence-electron chi connectivity index (χ2n) is 9.44. The lowest BCUT2D eigenvalue weighted by molar-refractivity contribution is -0.137. The number of ether oxygens (including phenoxy) is 3. The van der Waals surface area contributed by atoms with E-state index in [4.69, 9.17) is 18.7 Å². The molecule has 3 rings (SSSR count). The van der Waals surface area contributed by atoms with Gasteiger partial charge in [-0.25, -0.2) is 9.78 Å². The van der Waals surface area contributed by atoms with Crippen molar-refractivity contribution in [2.75, 3.05) is 13.7 Å². The van der Waals surface area contributed by atoms with E-state index in [1.54, 1.807) is 0 Å². The van der Waals surface area contributed by atoms with Gasteiger partial charge in [0.15, 0.2) is 17.3 Å². The maximum atomic E-state index is 13.3. The summed E-state index contributed by atoms with van der Waals surface area (Å²) in [6.45, 7) is 7.65. The summed E-state index contributed by atoms with van der Waals surface area (Å²) in [7, 11) is 1.34. The quantitative estimate of drug-likeness (QED) is 0.310. The minimum atomic E-state index is -4.48. The number of alkyl halides is 3. The van der Waals surface area contributed by atoms with E-state index in [0.29, 0.717) is 6.42 Å². The van der Waals surface area contributed by atoms with Crippen molar-refractivity contribution in [3.05, 3.63) is 53.6 Å². The van der Waals surface area contributed by atoms with Crippen molar-refractivity contribution in [1.29, 1.82) is 0 Å². The first-order valence-corrected chi connectivity index (χ1v) is 12.1. The number of benzene rings is 1. The highest BCUT2D eigenvalue weighted by atomic mass is 19.4. The molecule has 0 bridgehead atoms. The Morgan fingerprint density at radius 1 is 1.05 bits per heavy atom. The van der Waals surface area contributed by atoms with Gasteiger partial charge in [-0.1, -0.05) is 32.9 Å². The van der Waals surface area contributed by atoms with E-state index in [-0.39, 0.29) is 52.9 Å². The zero-order valence-electron chi connectivity index (χ0n) is 22.0. The molecule has 0 saturated heterocycles. The smallest absolute Gasteiger partial charge is 0.493 e. The minimum absolute atomic E-state index is 0.0156. The molecule has 1 amide bonds. The Bertz CT molecular complexity index is 1280. The topological polar surface area (TPSA) is 126 Å². The van der Waals surface area contributed by atoms with Crippen molar-refractivity contribution in [2.45, 2.75) is 46.3 Å². The highest BCUT2D eigenvalue weighted by Crippen LogP contribution is 2.32. The van der Waals surface area contributed by atoms with Crippen molar-refractivity contribution in [2.24, 2.45) is 11.8 Å². The molecule has 1 N–H and O–H groups in total. The lowest BCUT2D eigenvalue weighted by atomic mass is 10.0. The Balaban J connectivity index is 1.85. The van der Waals surface area contributed by atoms with E-state index in [0.717, 1.165) is 12.1 Å². The molecular weight excluding hydrogens is 521 g/mol. The van der Waals surface area contributed by atoms with Gasteiger partial charge in [0.2, 0.25) is 5.75 Å². The highest BCUT2D eigenvalue weighted by Gasteiger charge is 2.31. The van der Waals surface area contributed by atoms with Crippen molar-refractivity contribution >= 4 is 12.1 Å². The number of nitrogens with zero attached hydrogens (tertiary/aromatic N) is 3. The molecule has 1 aromatic carbocycles. The summed E-state index contributed by atoms with van der Waals surface area (Å²) in [4.78, 5) is 33.9. The van der Waals surface area contributed by atoms with Gasteiger partial charge in [-0.2, -0.15) is 18.2 Å². The lowest BCUT2D eigenvalue weighted by Crippen LogP contribution is -2.31. The van der Waals surface area contributed by atoms with Crippen LogP contribution in [0, 0.1) is 11.8 Å². The summed E-state index contributed by atoms with van der Waals surface area (Å²) in [5, 5.41) is 6.70. The first-order chi connectivity index (χ1) is 18.4. The number of hydrogen-bond donors (Lipinski definition) is 1. The summed E-state index contributed by atoms with van der Waals surface area (Å²) in [5.74, 6) is -0.633. The summed E-state index contributed by atoms with van der Waals surface area (Å²) in [6.07, 6.45) is -3.81. The number of halogens is 3. The van der Waals surface area contributed by atoms with Crippen LogP contribution in [0.25, 0.3) is 11.5 Å². The van der Waals surface area contributed by atoms with E-state index in [1.807, 2.05) is 27.7 Å². The molecule has 39 heavy (non-hydrogen) atoms. The van der Waals surface area contributed by atoms with Gasteiger partial charge in [-0.15, -0.1) is 0 Å². The van der Waals surface area contributed by atoms with Gasteiger partial charge in [0, 0.05) is 17.8 Å². The molecule has 0 unspecified atom stereocenters. The molecule has 0 spiro atoms. The molecule has 0 fully saturated rings. The normalized spacial score (nSPS) is 12.4. The number of nitrogens with one attached hydrogen (secondary N) is 1.